The van der Waals surface area contributed by atoms with E-state index in [-0.39, 0.29) is 11.8 Å². The first-order valence-corrected chi connectivity index (χ1v) is 10.3. The number of aromatic nitrogens is 2. The van der Waals surface area contributed by atoms with Crippen LogP contribution in [0.15, 0.2) is 66.7 Å². The molecule has 31 heavy (non-hydrogen) atoms. The van der Waals surface area contributed by atoms with Gasteiger partial charge in [-0.2, -0.15) is 0 Å². The Hall–Kier alpha value is -3.64. The average Bonchev–Trinajstić information content (AvgIpc) is 2.82. The Kier molecular flexibility index (Phi) is 6.00. The number of hydrogen-bond acceptors (Lipinski definition) is 6. The van der Waals surface area contributed by atoms with Crippen LogP contribution in [-0.4, -0.2) is 34.8 Å². The molecule has 0 fully saturated rings. The van der Waals surface area contributed by atoms with Crippen LogP contribution in [0.2, 0.25) is 0 Å². The predicted octanol–water partition coefficient (Wildman–Crippen LogP) is 4.83. The first-order valence-electron chi connectivity index (χ1n) is 10.3. The van der Waals surface area contributed by atoms with Gasteiger partial charge in [-0.1, -0.05) is 43.3 Å². The van der Waals surface area contributed by atoms with E-state index in [9.17, 15) is 5.11 Å². The van der Waals surface area contributed by atoms with E-state index < -0.39 is 0 Å². The van der Waals surface area contributed by atoms with Gasteiger partial charge in [0.1, 0.15) is 17.3 Å². The van der Waals surface area contributed by atoms with Crippen molar-refractivity contribution in [1.29, 1.82) is 0 Å². The fourth-order valence-corrected chi connectivity index (χ4v) is 3.47. The summed E-state index contributed by atoms with van der Waals surface area (Å²) in [6, 6.07) is 21.0. The van der Waals surface area contributed by atoms with Gasteiger partial charge in [0.15, 0.2) is 5.82 Å². The lowest BCUT2D eigenvalue weighted by atomic mass is 10.0. The smallest absolute Gasteiger partial charge is 0.165 e. The molecule has 0 amide bonds. The highest BCUT2D eigenvalue weighted by atomic mass is 16.5. The van der Waals surface area contributed by atoms with Crippen molar-refractivity contribution in [3.05, 3.63) is 66.7 Å². The number of hydrogen-bond donors (Lipinski definition) is 3. The number of benzene rings is 3. The van der Waals surface area contributed by atoms with Crippen molar-refractivity contribution in [3.8, 4) is 34.0 Å². The van der Waals surface area contributed by atoms with E-state index in [4.69, 9.17) is 20.4 Å². The lowest BCUT2D eigenvalue weighted by Crippen LogP contribution is -2.28. The maximum atomic E-state index is 10.6. The van der Waals surface area contributed by atoms with Crippen LogP contribution in [0.4, 0.5) is 5.82 Å². The number of aromatic hydroxyl groups is 1. The molecule has 4 rings (SSSR count). The van der Waals surface area contributed by atoms with Gasteiger partial charge < -0.3 is 20.9 Å². The zero-order valence-electron chi connectivity index (χ0n) is 17.7. The van der Waals surface area contributed by atoms with E-state index in [1.807, 2.05) is 60.7 Å². The zero-order valence-corrected chi connectivity index (χ0v) is 17.7. The summed E-state index contributed by atoms with van der Waals surface area (Å²) in [7, 11) is 1.64. The van der Waals surface area contributed by atoms with E-state index in [1.165, 1.54) is 0 Å². The Labute approximate surface area is 181 Å². The third kappa shape index (κ3) is 4.29. The Morgan fingerprint density at radius 3 is 2.58 bits per heavy atom. The normalized spacial score (nSPS) is 12.0. The summed E-state index contributed by atoms with van der Waals surface area (Å²) in [5, 5.41) is 14.9. The number of nitrogens with zero attached hydrogens (tertiary/aromatic N) is 2. The molecule has 4 N–H and O–H groups in total. The molecule has 6 heteroatoms. The van der Waals surface area contributed by atoms with Gasteiger partial charge in [0.2, 0.25) is 0 Å². The van der Waals surface area contributed by atoms with Gasteiger partial charge in [-0.05, 0) is 42.3 Å². The molecule has 0 saturated carbocycles. The van der Waals surface area contributed by atoms with Crippen LogP contribution < -0.4 is 15.8 Å². The lowest BCUT2D eigenvalue weighted by molar-refractivity contribution is 0.416. The molecule has 0 aliphatic carbocycles. The fourth-order valence-electron chi connectivity index (χ4n) is 3.47. The first kappa shape index (κ1) is 20.6. The summed E-state index contributed by atoms with van der Waals surface area (Å²) in [4.78, 5) is 9.46. The van der Waals surface area contributed by atoms with Crippen LogP contribution in [0.1, 0.15) is 13.3 Å². The molecule has 0 aliphatic heterocycles. The molecule has 0 unspecified atom stereocenters. The Balaban J connectivity index is 1.83. The topological polar surface area (TPSA) is 93.3 Å². The van der Waals surface area contributed by atoms with Crippen molar-refractivity contribution in [2.24, 2.45) is 5.73 Å². The molecular formula is C25H26N4O2. The van der Waals surface area contributed by atoms with Gasteiger partial charge in [0.05, 0.1) is 18.2 Å². The third-order valence-electron chi connectivity index (χ3n) is 5.31. The highest BCUT2D eigenvalue weighted by Crippen LogP contribution is 2.36. The van der Waals surface area contributed by atoms with Crippen LogP contribution >= 0.6 is 0 Å². The number of nitrogens with two attached hydrogens (primary N) is 1. The molecular weight excluding hydrogens is 388 g/mol. The second-order valence-electron chi connectivity index (χ2n) is 7.39. The van der Waals surface area contributed by atoms with Gasteiger partial charge in [-0.3, -0.25) is 0 Å². The second kappa shape index (κ2) is 9.02. The summed E-state index contributed by atoms with van der Waals surface area (Å²) < 4.78 is 5.50. The largest absolute Gasteiger partial charge is 0.507 e. The SMILES string of the molecule is CC[C@@H](N)CNc1nc(-c2cc(-c3ccccc3OC)ccc2O)nc2ccccc12. The lowest BCUT2D eigenvalue weighted by Gasteiger charge is -2.15. The maximum Gasteiger partial charge on any atom is 0.165 e. The van der Waals surface area contributed by atoms with Crippen molar-refractivity contribution in [2.45, 2.75) is 19.4 Å². The number of methoxy groups -OCH3 is 1. The molecule has 0 spiro atoms. The quantitative estimate of drug-likeness (QED) is 0.401. The molecule has 158 valence electrons. The van der Waals surface area contributed by atoms with Crippen molar-refractivity contribution >= 4 is 16.7 Å². The van der Waals surface area contributed by atoms with Gasteiger partial charge in [0, 0.05) is 23.5 Å². The number of ether oxygens (including phenoxy) is 1. The minimum Gasteiger partial charge on any atom is -0.507 e. The van der Waals surface area contributed by atoms with Crippen LogP contribution in [-0.2, 0) is 0 Å². The van der Waals surface area contributed by atoms with Crippen molar-refractivity contribution in [1.82, 2.24) is 9.97 Å². The summed E-state index contributed by atoms with van der Waals surface area (Å²) in [6.07, 6.45) is 0.866. The van der Waals surface area contributed by atoms with Crippen molar-refractivity contribution < 1.29 is 9.84 Å². The summed E-state index contributed by atoms with van der Waals surface area (Å²) in [5.41, 5.74) is 9.28. The number of para-hydroxylation sites is 2. The minimum absolute atomic E-state index is 0.0273. The number of anilines is 1. The average molecular weight is 415 g/mol. The summed E-state index contributed by atoms with van der Waals surface area (Å²) >= 11 is 0. The molecule has 0 bridgehead atoms. The van der Waals surface area contributed by atoms with Crippen LogP contribution in [0.3, 0.4) is 0 Å². The standard InChI is InChI=1S/C25H26N4O2/c1-3-17(26)15-27-24-19-9-4-6-10-21(19)28-25(29-24)20-14-16(12-13-22(20)30)18-8-5-7-11-23(18)31-2/h4-14,17,30H,3,15,26H2,1-2H3,(H,27,28,29)/t17-/m1/s1. The molecule has 0 saturated heterocycles. The molecule has 3 aromatic carbocycles. The highest BCUT2D eigenvalue weighted by Gasteiger charge is 2.15. The van der Waals surface area contributed by atoms with E-state index in [0.29, 0.717) is 23.8 Å². The minimum atomic E-state index is 0.0273. The molecule has 1 atom stereocenters. The van der Waals surface area contributed by atoms with Gasteiger partial charge in [-0.25, -0.2) is 9.97 Å². The molecule has 4 aromatic rings. The Morgan fingerprint density at radius 1 is 1.00 bits per heavy atom. The van der Waals surface area contributed by atoms with E-state index in [0.717, 1.165) is 34.2 Å². The second-order valence-corrected chi connectivity index (χ2v) is 7.39. The van der Waals surface area contributed by atoms with Crippen LogP contribution in [0.5, 0.6) is 11.5 Å². The number of nitrogens with one attached hydrogen (secondary N) is 1. The Morgan fingerprint density at radius 2 is 1.77 bits per heavy atom. The van der Waals surface area contributed by atoms with Gasteiger partial charge >= 0.3 is 0 Å². The zero-order chi connectivity index (χ0) is 21.8. The monoisotopic (exact) mass is 414 g/mol. The van der Waals surface area contributed by atoms with E-state index in [1.54, 1.807) is 13.2 Å². The fraction of sp³-hybridized carbons (Fsp3) is 0.200. The number of rotatable bonds is 7. The van der Waals surface area contributed by atoms with Gasteiger partial charge in [0.25, 0.3) is 0 Å². The highest BCUT2D eigenvalue weighted by molar-refractivity contribution is 5.91. The van der Waals surface area contributed by atoms with Crippen LogP contribution in [0.25, 0.3) is 33.4 Å². The molecule has 6 nitrogen and oxygen atoms in total. The molecule has 1 aromatic heterocycles. The van der Waals surface area contributed by atoms with E-state index >= 15 is 0 Å². The van der Waals surface area contributed by atoms with Crippen LogP contribution in [0, 0.1) is 0 Å². The van der Waals surface area contributed by atoms with Gasteiger partial charge in [-0.15, -0.1) is 0 Å². The number of phenols is 1. The third-order valence-corrected chi connectivity index (χ3v) is 5.31. The first-order chi connectivity index (χ1) is 15.1. The van der Waals surface area contributed by atoms with Crippen molar-refractivity contribution in [2.75, 3.05) is 19.0 Å². The number of phenolic OH excluding ortho intramolecular Hbond substituents is 1. The Bertz CT molecular complexity index is 1210. The van der Waals surface area contributed by atoms with Crippen molar-refractivity contribution in [3.63, 3.8) is 0 Å². The summed E-state index contributed by atoms with van der Waals surface area (Å²) in [6.45, 7) is 2.65. The molecule has 0 aliphatic rings. The number of fused-ring (bicyclic) bond motifs is 1. The predicted molar refractivity (Wildman–Crippen MR) is 125 cm³/mol. The molecule has 0 radical (unpaired) electrons. The maximum absolute atomic E-state index is 10.6. The summed E-state index contributed by atoms with van der Waals surface area (Å²) in [5.74, 6) is 2.02. The van der Waals surface area contributed by atoms with E-state index in [2.05, 4.69) is 12.2 Å². The molecule has 1 heterocycles.